The molecule has 0 radical (unpaired) electrons. The number of aryl methyl sites for hydroxylation is 2. The zero-order valence-electron chi connectivity index (χ0n) is 14.3. The summed E-state index contributed by atoms with van der Waals surface area (Å²) >= 11 is 0. The van der Waals surface area contributed by atoms with Crippen molar-refractivity contribution in [2.45, 2.75) is 45.8 Å². The summed E-state index contributed by atoms with van der Waals surface area (Å²) < 4.78 is 5.76. The summed E-state index contributed by atoms with van der Waals surface area (Å²) in [5, 5.41) is 13.2. The summed E-state index contributed by atoms with van der Waals surface area (Å²) in [5.74, 6) is 0.874. The molecule has 23 heavy (non-hydrogen) atoms. The van der Waals surface area contributed by atoms with Gasteiger partial charge in [0.05, 0.1) is 0 Å². The van der Waals surface area contributed by atoms with E-state index in [0.717, 1.165) is 42.8 Å². The first-order chi connectivity index (χ1) is 10.9. The lowest BCUT2D eigenvalue weighted by atomic mass is 10.0. The Morgan fingerprint density at radius 1 is 1.39 bits per heavy atom. The summed E-state index contributed by atoms with van der Waals surface area (Å²) in [7, 11) is 0. The molecule has 1 atom stereocenters. The molecule has 0 saturated carbocycles. The first-order valence-corrected chi connectivity index (χ1v) is 8.31. The molecule has 0 bridgehead atoms. The largest absolute Gasteiger partial charge is 0.491 e. The second-order valence-corrected chi connectivity index (χ2v) is 6.51. The Bertz CT molecular complexity index is 525. The third-order valence-electron chi connectivity index (χ3n) is 4.24. The third kappa shape index (κ3) is 5.84. The van der Waals surface area contributed by atoms with E-state index in [4.69, 9.17) is 4.74 Å². The summed E-state index contributed by atoms with van der Waals surface area (Å²) in [5.41, 5.74) is 2.24. The van der Waals surface area contributed by atoms with Gasteiger partial charge in [-0.3, -0.25) is 4.79 Å². The van der Waals surface area contributed by atoms with Crippen molar-refractivity contribution < 1.29 is 14.6 Å². The number of carbonyl (C=O) groups excluding carboxylic acids is 1. The second kappa shape index (κ2) is 8.31. The third-order valence-corrected chi connectivity index (χ3v) is 4.24. The molecule has 0 spiro atoms. The van der Waals surface area contributed by atoms with Gasteiger partial charge in [-0.25, -0.2) is 0 Å². The SMILES string of the molecule is CC(=O)NC1CCN(CC(O)COc2cc(C)ccc2C)CC1. The zero-order valence-corrected chi connectivity index (χ0v) is 14.3. The molecule has 5 nitrogen and oxygen atoms in total. The van der Waals surface area contributed by atoms with Gasteiger partial charge in [-0.2, -0.15) is 0 Å². The van der Waals surface area contributed by atoms with Crippen molar-refractivity contribution >= 4 is 5.91 Å². The number of aliphatic hydroxyl groups excluding tert-OH is 1. The molecule has 1 saturated heterocycles. The molecule has 5 heteroatoms. The monoisotopic (exact) mass is 320 g/mol. The van der Waals surface area contributed by atoms with Crippen LogP contribution in [0.2, 0.25) is 0 Å². The lowest BCUT2D eigenvalue weighted by Crippen LogP contribution is -2.46. The van der Waals surface area contributed by atoms with Gasteiger partial charge in [0.15, 0.2) is 0 Å². The molecule has 2 N–H and O–H groups in total. The molecule has 1 fully saturated rings. The number of benzene rings is 1. The van der Waals surface area contributed by atoms with E-state index in [1.807, 2.05) is 26.0 Å². The predicted octanol–water partition coefficient (Wildman–Crippen LogP) is 1.64. The van der Waals surface area contributed by atoms with Crippen LogP contribution in [-0.4, -0.2) is 54.3 Å². The Balaban J connectivity index is 1.72. The van der Waals surface area contributed by atoms with E-state index < -0.39 is 6.10 Å². The normalized spacial score (nSPS) is 17.7. The number of piperidine rings is 1. The maximum absolute atomic E-state index is 11.1. The fourth-order valence-electron chi connectivity index (χ4n) is 2.95. The van der Waals surface area contributed by atoms with E-state index >= 15 is 0 Å². The molecule has 1 unspecified atom stereocenters. The minimum atomic E-state index is -0.507. The fraction of sp³-hybridized carbons (Fsp3) is 0.611. The number of carbonyl (C=O) groups is 1. The number of nitrogens with one attached hydrogen (secondary N) is 1. The molecule has 1 aromatic rings. The number of hydrogen-bond acceptors (Lipinski definition) is 4. The highest BCUT2D eigenvalue weighted by Crippen LogP contribution is 2.19. The number of β-amino-alcohol motifs (C(OH)–C–C–N with tert-alkyl or cyclic N) is 1. The van der Waals surface area contributed by atoms with Crippen LogP contribution < -0.4 is 10.1 Å². The van der Waals surface area contributed by atoms with E-state index in [0.29, 0.717) is 13.2 Å². The lowest BCUT2D eigenvalue weighted by molar-refractivity contribution is -0.120. The summed E-state index contributed by atoms with van der Waals surface area (Å²) in [6.07, 6.45) is 1.36. The number of nitrogens with zero attached hydrogens (tertiary/aromatic N) is 1. The molecule has 0 aliphatic carbocycles. The number of amides is 1. The van der Waals surface area contributed by atoms with Crippen LogP contribution >= 0.6 is 0 Å². The van der Waals surface area contributed by atoms with Crippen LogP contribution in [0.15, 0.2) is 18.2 Å². The molecule has 0 aromatic heterocycles. The maximum atomic E-state index is 11.1. The van der Waals surface area contributed by atoms with E-state index in [-0.39, 0.29) is 11.9 Å². The van der Waals surface area contributed by atoms with Crippen molar-refractivity contribution in [3.05, 3.63) is 29.3 Å². The van der Waals surface area contributed by atoms with Crippen LogP contribution in [0.4, 0.5) is 0 Å². The van der Waals surface area contributed by atoms with Crippen molar-refractivity contribution in [2.24, 2.45) is 0 Å². The maximum Gasteiger partial charge on any atom is 0.217 e. The van der Waals surface area contributed by atoms with Gasteiger partial charge < -0.3 is 20.1 Å². The van der Waals surface area contributed by atoms with Crippen LogP contribution in [0, 0.1) is 13.8 Å². The molecule has 2 rings (SSSR count). The van der Waals surface area contributed by atoms with Crippen LogP contribution in [0.25, 0.3) is 0 Å². The lowest BCUT2D eigenvalue weighted by Gasteiger charge is -2.33. The molecule has 1 amide bonds. The van der Waals surface area contributed by atoms with Gasteiger partial charge in [0, 0.05) is 32.6 Å². The second-order valence-electron chi connectivity index (χ2n) is 6.51. The molecule has 1 aliphatic heterocycles. The Morgan fingerprint density at radius 2 is 2.09 bits per heavy atom. The number of aliphatic hydroxyl groups is 1. The van der Waals surface area contributed by atoms with Crippen molar-refractivity contribution in [3.8, 4) is 5.75 Å². The number of rotatable bonds is 6. The Hall–Kier alpha value is -1.59. The van der Waals surface area contributed by atoms with E-state index in [1.54, 1.807) is 6.92 Å². The van der Waals surface area contributed by atoms with Crippen molar-refractivity contribution in [1.82, 2.24) is 10.2 Å². The zero-order chi connectivity index (χ0) is 16.8. The Morgan fingerprint density at radius 3 is 2.74 bits per heavy atom. The number of ether oxygens (including phenoxy) is 1. The van der Waals surface area contributed by atoms with Gasteiger partial charge in [-0.05, 0) is 43.9 Å². The highest BCUT2D eigenvalue weighted by atomic mass is 16.5. The van der Waals surface area contributed by atoms with E-state index in [1.165, 1.54) is 0 Å². The minimum absolute atomic E-state index is 0.0328. The molecule has 128 valence electrons. The average molecular weight is 320 g/mol. The molecule has 1 aromatic carbocycles. The van der Waals surface area contributed by atoms with Gasteiger partial charge in [0.2, 0.25) is 5.91 Å². The van der Waals surface area contributed by atoms with Gasteiger partial charge in [0.1, 0.15) is 18.5 Å². The number of hydrogen-bond donors (Lipinski definition) is 2. The molecule has 1 heterocycles. The smallest absolute Gasteiger partial charge is 0.217 e. The summed E-state index contributed by atoms with van der Waals surface area (Å²) in [6, 6.07) is 6.36. The fourth-order valence-corrected chi connectivity index (χ4v) is 2.95. The van der Waals surface area contributed by atoms with Gasteiger partial charge in [-0.1, -0.05) is 12.1 Å². The minimum Gasteiger partial charge on any atom is -0.491 e. The highest BCUT2D eigenvalue weighted by Gasteiger charge is 2.21. The standard InChI is InChI=1S/C18H28N2O3/c1-13-4-5-14(2)18(10-13)23-12-17(22)11-20-8-6-16(7-9-20)19-15(3)21/h4-5,10,16-17,22H,6-9,11-12H2,1-3H3,(H,19,21). The van der Waals surface area contributed by atoms with Crippen LogP contribution in [0.3, 0.4) is 0 Å². The van der Waals surface area contributed by atoms with Crippen LogP contribution in [-0.2, 0) is 4.79 Å². The van der Waals surface area contributed by atoms with Gasteiger partial charge in [0.25, 0.3) is 0 Å². The topological polar surface area (TPSA) is 61.8 Å². The van der Waals surface area contributed by atoms with Crippen LogP contribution in [0.5, 0.6) is 5.75 Å². The predicted molar refractivity (Wildman–Crippen MR) is 90.7 cm³/mol. The van der Waals surface area contributed by atoms with E-state index in [2.05, 4.69) is 16.3 Å². The first-order valence-electron chi connectivity index (χ1n) is 8.31. The molecule has 1 aliphatic rings. The van der Waals surface area contributed by atoms with Crippen molar-refractivity contribution in [1.29, 1.82) is 0 Å². The van der Waals surface area contributed by atoms with Crippen molar-refractivity contribution in [3.63, 3.8) is 0 Å². The van der Waals surface area contributed by atoms with E-state index in [9.17, 15) is 9.90 Å². The number of likely N-dealkylation sites (tertiary alicyclic amines) is 1. The Labute approximate surface area is 138 Å². The van der Waals surface area contributed by atoms with Gasteiger partial charge >= 0.3 is 0 Å². The summed E-state index contributed by atoms with van der Waals surface area (Å²) in [6.45, 7) is 8.29. The van der Waals surface area contributed by atoms with Crippen molar-refractivity contribution in [2.75, 3.05) is 26.2 Å². The highest BCUT2D eigenvalue weighted by molar-refractivity contribution is 5.73. The van der Waals surface area contributed by atoms with Gasteiger partial charge in [-0.15, -0.1) is 0 Å². The quantitative estimate of drug-likeness (QED) is 0.836. The van der Waals surface area contributed by atoms with Crippen LogP contribution in [0.1, 0.15) is 30.9 Å². The average Bonchev–Trinajstić information content (AvgIpc) is 2.50. The Kier molecular flexibility index (Phi) is 6.42. The molecular formula is C18H28N2O3. The first kappa shape index (κ1) is 17.8. The summed E-state index contributed by atoms with van der Waals surface area (Å²) in [4.78, 5) is 13.3. The molecular weight excluding hydrogens is 292 g/mol.